The zero-order chi connectivity index (χ0) is 13.4. The highest BCUT2D eigenvalue weighted by Gasteiger charge is 2.32. The van der Waals surface area contributed by atoms with Crippen LogP contribution in [0.15, 0.2) is 0 Å². The van der Waals surface area contributed by atoms with Crippen LogP contribution in [0.25, 0.3) is 0 Å². The number of Topliss-reactive ketones (excluding diaryl/α,β-unsaturated/α-hetero) is 2. The minimum atomic E-state index is -0.808. The van der Waals surface area contributed by atoms with Crippen molar-refractivity contribution in [3.05, 3.63) is 10.1 Å². The lowest BCUT2D eigenvalue weighted by Crippen LogP contribution is -2.33. The Hall–Kier alpha value is -1.26. The van der Waals surface area contributed by atoms with Gasteiger partial charge in [-0.15, -0.1) is 0 Å². The Morgan fingerprint density at radius 1 is 1.18 bits per heavy atom. The van der Waals surface area contributed by atoms with Crippen molar-refractivity contribution in [2.75, 3.05) is 6.54 Å². The van der Waals surface area contributed by atoms with E-state index in [0.717, 1.165) is 19.3 Å². The molecule has 0 N–H and O–H groups in total. The molecule has 0 spiro atoms. The Kier molecular flexibility index (Phi) is 7.34. The Balaban J connectivity index is 4.66. The van der Waals surface area contributed by atoms with E-state index in [9.17, 15) is 19.7 Å². The molecule has 0 aromatic rings. The second-order valence-corrected chi connectivity index (χ2v) is 4.47. The fourth-order valence-corrected chi connectivity index (χ4v) is 2.16. The van der Waals surface area contributed by atoms with Gasteiger partial charge in [-0.2, -0.15) is 0 Å². The van der Waals surface area contributed by atoms with Crippen LogP contribution in [0.2, 0.25) is 0 Å². The Morgan fingerprint density at radius 2 is 1.71 bits per heavy atom. The molecule has 17 heavy (non-hydrogen) atoms. The summed E-state index contributed by atoms with van der Waals surface area (Å²) in [5.41, 5.74) is 0. The van der Waals surface area contributed by atoms with Crippen LogP contribution in [-0.2, 0) is 9.59 Å². The summed E-state index contributed by atoms with van der Waals surface area (Å²) in [5.74, 6) is -1.79. The van der Waals surface area contributed by atoms with Crippen LogP contribution in [0, 0.1) is 22.0 Å². The quantitative estimate of drug-likeness (QED) is 0.269. The molecule has 0 saturated carbocycles. The average molecular weight is 243 g/mol. The van der Waals surface area contributed by atoms with Gasteiger partial charge in [-0.3, -0.25) is 19.7 Å². The van der Waals surface area contributed by atoms with E-state index in [0.29, 0.717) is 6.42 Å². The van der Waals surface area contributed by atoms with Crippen LogP contribution in [0.3, 0.4) is 0 Å². The Bertz CT molecular complexity index is 274. The molecule has 0 aliphatic rings. The van der Waals surface area contributed by atoms with Crippen molar-refractivity contribution in [2.24, 2.45) is 11.8 Å². The van der Waals surface area contributed by atoms with Gasteiger partial charge in [0.15, 0.2) is 0 Å². The SMILES string of the molecule is CCCCC[C@H](C[N+](=O)[O-])C(C(C)=O)C(C)=O. The molecule has 5 heteroatoms. The minimum absolute atomic E-state index is 0.263. The van der Waals surface area contributed by atoms with Crippen LogP contribution in [0.1, 0.15) is 46.5 Å². The van der Waals surface area contributed by atoms with E-state index in [2.05, 4.69) is 0 Å². The smallest absolute Gasteiger partial charge is 0.207 e. The molecule has 98 valence electrons. The molecule has 0 rings (SSSR count). The fourth-order valence-electron chi connectivity index (χ4n) is 2.16. The first-order valence-corrected chi connectivity index (χ1v) is 6.02. The van der Waals surface area contributed by atoms with Gasteiger partial charge in [-0.1, -0.05) is 26.2 Å². The van der Waals surface area contributed by atoms with Gasteiger partial charge in [-0.05, 0) is 20.3 Å². The number of carbonyl (C=O) groups is 2. The number of ketones is 2. The van der Waals surface area contributed by atoms with E-state index in [-0.39, 0.29) is 18.1 Å². The van der Waals surface area contributed by atoms with Crippen molar-refractivity contribution >= 4 is 11.6 Å². The van der Waals surface area contributed by atoms with Gasteiger partial charge in [0.1, 0.15) is 11.6 Å². The number of carbonyl (C=O) groups excluding carboxylic acids is 2. The monoisotopic (exact) mass is 243 g/mol. The molecule has 0 aliphatic carbocycles. The average Bonchev–Trinajstić information content (AvgIpc) is 2.15. The maximum absolute atomic E-state index is 11.4. The topological polar surface area (TPSA) is 77.3 Å². The second-order valence-electron chi connectivity index (χ2n) is 4.47. The highest BCUT2D eigenvalue weighted by atomic mass is 16.6. The maximum Gasteiger partial charge on any atom is 0.207 e. The molecule has 0 saturated heterocycles. The van der Waals surface area contributed by atoms with Gasteiger partial charge < -0.3 is 0 Å². The van der Waals surface area contributed by atoms with Crippen molar-refractivity contribution in [1.82, 2.24) is 0 Å². The summed E-state index contributed by atoms with van der Waals surface area (Å²) in [6.07, 6.45) is 3.37. The molecular formula is C12H21NO4. The van der Waals surface area contributed by atoms with Gasteiger partial charge in [0.2, 0.25) is 6.54 Å². The number of nitrogens with zero attached hydrogens (tertiary/aromatic N) is 1. The third-order valence-electron chi connectivity index (χ3n) is 2.91. The lowest BCUT2D eigenvalue weighted by Gasteiger charge is -2.19. The molecule has 5 nitrogen and oxygen atoms in total. The maximum atomic E-state index is 11.4. The number of unbranched alkanes of at least 4 members (excludes halogenated alkanes) is 2. The van der Waals surface area contributed by atoms with Crippen LogP contribution < -0.4 is 0 Å². The minimum Gasteiger partial charge on any atom is -0.299 e. The van der Waals surface area contributed by atoms with E-state index >= 15 is 0 Å². The predicted octanol–water partition coefficient (Wildman–Crippen LogP) is 2.25. The molecular weight excluding hydrogens is 222 g/mol. The van der Waals surface area contributed by atoms with Crippen LogP contribution in [0.5, 0.6) is 0 Å². The predicted molar refractivity (Wildman–Crippen MR) is 64.3 cm³/mol. The third-order valence-corrected chi connectivity index (χ3v) is 2.91. The van der Waals surface area contributed by atoms with Crippen LogP contribution in [-0.4, -0.2) is 23.0 Å². The largest absolute Gasteiger partial charge is 0.299 e. The first-order valence-electron chi connectivity index (χ1n) is 6.02. The molecule has 0 heterocycles. The molecule has 0 aromatic heterocycles. The molecule has 1 atom stereocenters. The summed E-state index contributed by atoms with van der Waals surface area (Å²) < 4.78 is 0. The van der Waals surface area contributed by atoms with Gasteiger partial charge >= 0.3 is 0 Å². The van der Waals surface area contributed by atoms with E-state index in [1.54, 1.807) is 0 Å². The molecule has 0 aromatic carbocycles. The molecule has 0 fully saturated rings. The summed E-state index contributed by atoms with van der Waals surface area (Å²) in [4.78, 5) is 32.9. The molecule has 0 aliphatic heterocycles. The van der Waals surface area contributed by atoms with Crippen molar-refractivity contribution in [3.63, 3.8) is 0 Å². The summed E-state index contributed by atoms with van der Waals surface area (Å²) in [5, 5.41) is 10.6. The lowest BCUT2D eigenvalue weighted by molar-refractivity contribution is -0.489. The van der Waals surface area contributed by atoms with E-state index in [4.69, 9.17) is 0 Å². The molecule has 0 radical (unpaired) electrons. The van der Waals surface area contributed by atoms with Crippen molar-refractivity contribution < 1.29 is 14.5 Å². The zero-order valence-electron chi connectivity index (χ0n) is 10.8. The highest BCUT2D eigenvalue weighted by molar-refractivity contribution is 6.00. The van der Waals surface area contributed by atoms with Gasteiger partial charge in [0.25, 0.3) is 0 Å². The summed E-state index contributed by atoms with van der Waals surface area (Å²) in [6, 6.07) is 0. The fraction of sp³-hybridized carbons (Fsp3) is 0.833. The lowest BCUT2D eigenvalue weighted by atomic mass is 9.82. The van der Waals surface area contributed by atoms with E-state index in [1.165, 1.54) is 13.8 Å². The van der Waals surface area contributed by atoms with Gasteiger partial charge in [0, 0.05) is 10.8 Å². The molecule has 0 amide bonds. The number of nitro groups is 1. The van der Waals surface area contributed by atoms with Gasteiger partial charge in [-0.25, -0.2) is 0 Å². The van der Waals surface area contributed by atoms with E-state index < -0.39 is 16.8 Å². The molecule has 0 bridgehead atoms. The number of rotatable bonds is 9. The van der Waals surface area contributed by atoms with Crippen LogP contribution in [0.4, 0.5) is 0 Å². The van der Waals surface area contributed by atoms with Crippen LogP contribution >= 0.6 is 0 Å². The number of hydrogen-bond donors (Lipinski definition) is 0. The van der Waals surface area contributed by atoms with Gasteiger partial charge in [0.05, 0.1) is 5.92 Å². The number of hydrogen-bond acceptors (Lipinski definition) is 4. The second kappa shape index (κ2) is 7.92. The van der Waals surface area contributed by atoms with Crippen molar-refractivity contribution in [3.8, 4) is 0 Å². The highest BCUT2D eigenvalue weighted by Crippen LogP contribution is 2.21. The van der Waals surface area contributed by atoms with Crippen molar-refractivity contribution in [1.29, 1.82) is 0 Å². The van der Waals surface area contributed by atoms with E-state index in [1.807, 2.05) is 6.92 Å². The Labute approximate surface area is 102 Å². The summed E-state index contributed by atoms with van der Waals surface area (Å²) in [7, 11) is 0. The first kappa shape index (κ1) is 15.7. The summed E-state index contributed by atoms with van der Waals surface area (Å²) >= 11 is 0. The Morgan fingerprint density at radius 3 is 2.06 bits per heavy atom. The first-order chi connectivity index (χ1) is 7.90. The third kappa shape index (κ3) is 6.14. The standard InChI is InChI=1S/C12H21NO4/c1-4-5-6-7-11(8-13(16)17)12(9(2)14)10(3)15/h11-12H,4-8H2,1-3H3/t11-/m1/s1. The molecule has 0 unspecified atom stereocenters. The normalized spacial score (nSPS) is 12.5. The zero-order valence-corrected chi connectivity index (χ0v) is 10.8. The summed E-state index contributed by atoms with van der Waals surface area (Å²) in [6.45, 7) is 4.40. The van der Waals surface area contributed by atoms with Crippen molar-refractivity contribution in [2.45, 2.75) is 46.5 Å².